The molecule has 2 unspecified atom stereocenters. The molecule has 0 aliphatic carbocycles. The van der Waals surface area contributed by atoms with E-state index in [-0.39, 0.29) is 115 Å². The normalized spacial score (nSPS) is 19.5. The second-order valence-corrected chi connectivity index (χ2v) is 21.2. The Morgan fingerprint density at radius 1 is 0.633 bits per heavy atom. The molecule has 2 fully saturated rings. The minimum absolute atomic E-state index is 0.0161. The number of likely N-dealkylation sites (tertiary alicyclic amines) is 2. The van der Waals surface area contributed by atoms with Gasteiger partial charge >= 0.3 is 24.5 Å². The minimum Gasteiger partial charge on any atom is -0.505 e. The smallest absolute Gasteiger partial charge is 0.416 e. The van der Waals surface area contributed by atoms with Crippen molar-refractivity contribution >= 4 is 63.2 Å². The number of aliphatic hydroxyl groups excluding tert-OH is 2. The van der Waals surface area contributed by atoms with Gasteiger partial charge in [0, 0.05) is 64.7 Å². The summed E-state index contributed by atoms with van der Waals surface area (Å²) >= 11 is 15.1. The highest BCUT2D eigenvalue weighted by Crippen LogP contribution is 2.38. The molecule has 440 valence electrons. The third-order valence-electron chi connectivity index (χ3n) is 13.1. The van der Waals surface area contributed by atoms with Gasteiger partial charge < -0.3 is 49.1 Å². The molecule has 16 nitrogen and oxygen atoms in total. The Kier molecular flexibility index (Phi) is 26.2. The zero-order chi connectivity index (χ0) is 58.8. The molecule has 2 saturated heterocycles. The fourth-order valence-corrected chi connectivity index (χ4v) is 10.2. The van der Waals surface area contributed by atoms with Crippen LogP contribution in [0.4, 0.5) is 47.8 Å². The lowest BCUT2D eigenvalue weighted by Gasteiger charge is -2.47. The maximum atomic E-state index is 13.5. The number of carbonyl (C=O) groups is 2. The number of halogens is 9. The summed E-state index contributed by atoms with van der Waals surface area (Å²) in [5, 5.41) is 27.2. The van der Waals surface area contributed by atoms with E-state index in [1.54, 1.807) is 32.6 Å². The van der Waals surface area contributed by atoms with Crippen LogP contribution < -0.4 is 14.5 Å². The lowest BCUT2D eigenvalue weighted by atomic mass is 9.87. The molecule has 3 N–H and O–H groups in total. The Morgan fingerprint density at radius 3 is 1.27 bits per heavy atom. The Labute approximate surface area is 476 Å². The SMILES string of the molecule is CC[C@@H]1CC(N(Cc2cc(Cl)cc(C(F)(F)F)c2)c2ncc(O)cn2)C[C@H](CC)N1C(=O)OC(C)C.CC[C@@H]1CC(N(Cc2cc(Cl)cc(C(F)(F)F)c2)c2ncc(OCCO)cn2)C[C@H](CC)N1C(=O)OC(C)C.OCCBr. The summed E-state index contributed by atoms with van der Waals surface area (Å²) < 4.78 is 97.3. The maximum Gasteiger partial charge on any atom is 0.416 e. The van der Waals surface area contributed by atoms with Crippen LogP contribution >= 0.6 is 39.1 Å². The Bertz CT molecular complexity index is 2480. The number of aromatic hydroxyl groups is 1. The van der Waals surface area contributed by atoms with E-state index in [9.17, 15) is 41.0 Å². The molecule has 0 radical (unpaired) electrons. The average molecular weight is 1230 g/mol. The van der Waals surface area contributed by atoms with Crippen LogP contribution in [0.25, 0.3) is 0 Å². The molecule has 0 spiro atoms. The van der Waals surface area contributed by atoms with Crippen LogP contribution in [-0.2, 0) is 34.9 Å². The molecular formula is C54H73BrCl2F6N8O8. The monoisotopic (exact) mass is 1220 g/mol. The molecule has 0 bridgehead atoms. The van der Waals surface area contributed by atoms with Crippen molar-refractivity contribution in [3.8, 4) is 11.5 Å². The van der Waals surface area contributed by atoms with Crippen molar-refractivity contribution in [2.24, 2.45) is 0 Å². The van der Waals surface area contributed by atoms with Crippen molar-refractivity contribution in [3.63, 3.8) is 0 Å². The number of alkyl halides is 7. The maximum absolute atomic E-state index is 13.5. The van der Waals surface area contributed by atoms with Crippen LogP contribution in [0.5, 0.6) is 11.5 Å². The van der Waals surface area contributed by atoms with Crippen LogP contribution in [0.1, 0.15) is 129 Å². The molecule has 0 saturated carbocycles. The fourth-order valence-electron chi connectivity index (χ4n) is 9.67. The highest BCUT2D eigenvalue weighted by atomic mass is 79.9. The standard InChI is InChI=1S/C27H36ClF3N4O4.C25H32ClF3N4O3.C2H5BrO/c1-5-21-12-23(13-22(6-2)35(21)26(37)39-17(3)4)34(25-32-14-24(15-33-25)38-8-7-36)16-18-9-19(27(29,30)31)11-20(28)10-18;1-5-19-10-21(11-20(6-2)33(19)24(35)36-15(3)4)32(23-30-12-22(34)13-31-23)14-16-7-17(25(27,28)29)9-18(26)8-16;3-1-2-4/h9-11,14-15,17,21-23,36H,5-8,12-13,16H2,1-4H3;7-9,12-13,15,19-21,34H,5-6,10-11,14H2,1-4H3;4H,1-2H2/t21-,22+,23?;19-,20+,21?;. The molecule has 2 amide bonds. The molecule has 6 rings (SSSR count). The third kappa shape index (κ3) is 19.8. The number of amides is 2. The summed E-state index contributed by atoms with van der Waals surface area (Å²) in [6, 6.07) is 6.05. The summed E-state index contributed by atoms with van der Waals surface area (Å²) in [7, 11) is 0. The number of ether oxygens (including phenoxy) is 3. The third-order valence-corrected chi connectivity index (χ3v) is 13.9. The number of hydrogen-bond acceptors (Lipinski definition) is 14. The lowest BCUT2D eigenvalue weighted by molar-refractivity contribution is -0.138. The fraction of sp³-hybridized carbons (Fsp3) is 0.593. The summed E-state index contributed by atoms with van der Waals surface area (Å²) in [5.74, 6) is 0.825. The summed E-state index contributed by atoms with van der Waals surface area (Å²) in [6.45, 7) is 15.5. The molecule has 2 aromatic heterocycles. The van der Waals surface area contributed by atoms with Crippen LogP contribution in [0, 0.1) is 0 Å². The van der Waals surface area contributed by atoms with Crippen molar-refractivity contribution in [3.05, 3.63) is 93.5 Å². The zero-order valence-corrected chi connectivity index (χ0v) is 48.8. The number of carbonyl (C=O) groups excluding carboxylic acids is 2. The highest BCUT2D eigenvalue weighted by molar-refractivity contribution is 9.09. The van der Waals surface area contributed by atoms with Crippen LogP contribution in [0.3, 0.4) is 0 Å². The van der Waals surface area contributed by atoms with E-state index in [0.717, 1.165) is 24.3 Å². The van der Waals surface area contributed by atoms with E-state index in [2.05, 4.69) is 35.9 Å². The van der Waals surface area contributed by atoms with Crippen LogP contribution in [0.2, 0.25) is 10.0 Å². The van der Waals surface area contributed by atoms with E-state index < -0.39 is 23.5 Å². The second kappa shape index (κ2) is 31.2. The van der Waals surface area contributed by atoms with Gasteiger partial charge in [-0.25, -0.2) is 29.5 Å². The molecule has 4 heterocycles. The van der Waals surface area contributed by atoms with Crippen molar-refractivity contribution < 1.29 is 65.5 Å². The minimum atomic E-state index is -4.55. The average Bonchev–Trinajstić information content (AvgIpc) is 3.40. The number of hydrogen-bond donors (Lipinski definition) is 3. The zero-order valence-electron chi connectivity index (χ0n) is 45.7. The van der Waals surface area contributed by atoms with E-state index in [0.29, 0.717) is 79.5 Å². The van der Waals surface area contributed by atoms with Gasteiger partial charge in [0.2, 0.25) is 11.9 Å². The van der Waals surface area contributed by atoms with Crippen LogP contribution in [-0.4, -0.2) is 131 Å². The van der Waals surface area contributed by atoms with Gasteiger partial charge in [0.15, 0.2) is 11.5 Å². The molecule has 25 heteroatoms. The van der Waals surface area contributed by atoms with Gasteiger partial charge in [0.05, 0.1) is 61.3 Å². The number of anilines is 2. The lowest BCUT2D eigenvalue weighted by Crippen LogP contribution is -2.57. The molecular weight excluding hydrogens is 1150 g/mol. The molecule has 4 aromatic rings. The van der Waals surface area contributed by atoms with Gasteiger partial charge in [0.1, 0.15) is 6.61 Å². The van der Waals surface area contributed by atoms with E-state index >= 15 is 0 Å². The first-order chi connectivity index (χ1) is 37.3. The van der Waals surface area contributed by atoms with E-state index in [1.807, 2.05) is 42.4 Å². The first-order valence-corrected chi connectivity index (χ1v) is 28.2. The summed E-state index contributed by atoms with van der Waals surface area (Å²) in [6.07, 6.45) is 0.0439. The molecule has 2 aromatic carbocycles. The number of piperidine rings is 2. The van der Waals surface area contributed by atoms with Crippen molar-refractivity contribution in [1.82, 2.24) is 29.7 Å². The Hall–Kier alpha value is -5.10. The van der Waals surface area contributed by atoms with Gasteiger partial charge in [-0.05, 0) is 127 Å². The van der Waals surface area contributed by atoms with E-state index in [4.69, 9.17) is 47.6 Å². The van der Waals surface area contributed by atoms with Gasteiger partial charge in [-0.2, -0.15) is 26.3 Å². The van der Waals surface area contributed by atoms with Gasteiger partial charge in [0.25, 0.3) is 0 Å². The molecule has 79 heavy (non-hydrogen) atoms. The number of aliphatic hydroxyl groups is 2. The molecule has 6 atom stereocenters. The first kappa shape index (κ1) is 66.4. The second-order valence-electron chi connectivity index (χ2n) is 19.6. The molecule has 2 aliphatic heterocycles. The van der Waals surface area contributed by atoms with Crippen molar-refractivity contribution in [1.29, 1.82) is 0 Å². The number of benzene rings is 2. The Morgan fingerprint density at radius 2 is 0.975 bits per heavy atom. The number of aromatic nitrogens is 4. The predicted octanol–water partition coefficient (Wildman–Crippen LogP) is 12.9. The highest BCUT2D eigenvalue weighted by Gasteiger charge is 2.43. The van der Waals surface area contributed by atoms with Crippen LogP contribution in [0.15, 0.2) is 61.2 Å². The summed E-state index contributed by atoms with van der Waals surface area (Å²) in [5.41, 5.74) is -0.945. The quantitative estimate of drug-likeness (QED) is 0.0631. The van der Waals surface area contributed by atoms with Gasteiger partial charge in [-0.1, -0.05) is 66.8 Å². The number of nitrogens with zero attached hydrogens (tertiary/aromatic N) is 8. The van der Waals surface area contributed by atoms with E-state index in [1.165, 1.54) is 36.9 Å². The number of rotatable bonds is 18. The van der Waals surface area contributed by atoms with Gasteiger partial charge in [-0.15, -0.1) is 0 Å². The molecule has 2 aliphatic rings. The van der Waals surface area contributed by atoms with Gasteiger partial charge in [-0.3, -0.25) is 0 Å². The Balaban J connectivity index is 0.000000320. The van der Waals surface area contributed by atoms with Crippen molar-refractivity contribution in [2.45, 2.75) is 181 Å². The first-order valence-electron chi connectivity index (χ1n) is 26.3. The topological polar surface area (TPSA) is 187 Å². The van der Waals surface area contributed by atoms with Crippen molar-refractivity contribution in [2.75, 3.05) is 35.0 Å². The summed E-state index contributed by atoms with van der Waals surface area (Å²) in [4.78, 5) is 50.6. The largest absolute Gasteiger partial charge is 0.505 e. The predicted molar refractivity (Wildman–Crippen MR) is 294 cm³/mol.